The van der Waals surface area contributed by atoms with Crippen molar-refractivity contribution in [1.29, 1.82) is 0 Å². The fourth-order valence-electron chi connectivity index (χ4n) is 1.42. The number of carbonyl (C=O) groups is 1. The van der Waals surface area contributed by atoms with Crippen molar-refractivity contribution in [2.45, 2.75) is 25.9 Å². The van der Waals surface area contributed by atoms with Crippen molar-refractivity contribution in [3.63, 3.8) is 0 Å². The predicted molar refractivity (Wildman–Crippen MR) is 67.1 cm³/mol. The number of hydrogen-bond acceptors (Lipinski definition) is 3. The molecule has 0 heterocycles. The van der Waals surface area contributed by atoms with Crippen LogP contribution in [-0.2, 0) is 16.1 Å². The standard InChI is InChI=1S/C12H16BrNO2/c1-3-11(12(15)16-2)14-8-9-5-4-6-10(13)7-9/h4-7,11,14H,3,8H2,1-2H3. The van der Waals surface area contributed by atoms with Gasteiger partial charge in [0.2, 0.25) is 0 Å². The summed E-state index contributed by atoms with van der Waals surface area (Å²) in [6.45, 7) is 2.61. The second-order valence-electron chi connectivity index (χ2n) is 3.49. The quantitative estimate of drug-likeness (QED) is 0.845. The van der Waals surface area contributed by atoms with E-state index in [2.05, 4.69) is 21.2 Å². The Morgan fingerprint density at radius 2 is 2.31 bits per heavy atom. The van der Waals surface area contributed by atoms with E-state index in [4.69, 9.17) is 4.74 Å². The summed E-state index contributed by atoms with van der Waals surface area (Å²) < 4.78 is 5.74. The van der Waals surface area contributed by atoms with Gasteiger partial charge in [-0.3, -0.25) is 4.79 Å². The van der Waals surface area contributed by atoms with Gasteiger partial charge in [-0.25, -0.2) is 0 Å². The summed E-state index contributed by atoms with van der Waals surface area (Å²) in [6, 6.07) is 7.75. The molecular formula is C12H16BrNO2. The maximum atomic E-state index is 11.3. The molecular weight excluding hydrogens is 270 g/mol. The number of esters is 1. The maximum Gasteiger partial charge on any atom is 0.322 e. The van der Waals surface area contributed by atoms with Crippen LogP contribution in [0.2, 0.25) is 0 Å². The maximum absolute atomic E-state index is 11.3. The third-order valence-corrected chi connectivity index (χ3v) is 2.83. The molecule has 0 bridgehead atoms. The Morgan fingerprint density at radius 1 is 1.56 bits per heavy atom. The molecule has 1 N–H and O–H groups in total. The first kappa shape index (κ1) is 13.2. The van der Waals surface area contributed by atoms with Gasteiger partial charge in [0.15, 0.2) is 0 Å². The van der Waals surface area contributed by atoms with Crippen LogP contribution in [0, 0.1) is 0 Å². The van der Waals surface area contributed by atoms with Crippen LogP contribution in [0.15, 0.2) is 28.7 Å². The van der Waals surface area contributed by atoms with Gasteiger partial charge < -0.3 is 10.1 Å². The highest BCUT2D eigenvalue weighted by atomic mass is 79.9. The van der Waals surface area contributed by atoms with E-state index in [0.29, 0.717) is 6.54 Å². The van der Waals surface area contributed by atoms with E-state index >= 15 is 0 Å². The van der Waals surface area contributed by atoms with Gasteiger partial charge in [-0.15, -0.1) is 0 Å². The predicted octanol–water partition coefficient (Wildman–Crippen LogP) is 2.49. The Bertz CT molecular complexity index is 355. The van der Waals surface area contributed by atoms with Gasteiger partial charge in [0, 0.05) is 11.0 Å². The molecule has 4 heteroatoms. The normalized spacial score (nSPS) is 12.2. The SMILES string of the molecule is CCC(NCc1cccc(Br)c1)C(=O)OC. The molecule has 1 aromatic carbocycles. The molecule has 0 aliphatic rings. The lowest BCUT2D eigenvalue weighted by atomic mass is 10.2. The van der Waals surface area contributed by atoms with Gasteiger partial charge in [-0.2, -0.15) is 0 Å². The summed E-state index contributed by atoms with van der Waals surface area (Å²) in [5.74, 6) is -0.211. The van der Waals surface area contributed by atoms with E-state index in [9.17, 15) is 4.79 Å². The zero-order valence-electron chi connectivity index (χ0n) is 9.50. The minimum absolute atomic E-state index is 0.211. The van der Waals surface area contributed by atoms with Crippen molar-refractivity contribution in [2.24, 2.45) is 0 Å². The number of benzene rings is 1. The Hall–Kier alpha value is -0.870. The third kappa shape index (κ3) is 3.94. The lowest BCUT2D eigenvalue weighted by Gasteiger charge is -2.14. The molecule has 0 aliphatic carbocycles. The van der Waals surface area contributed by atoms with Crippen LogP contribution in [-0.4, -0.2) is 19.1 Å². The smallest absolute Gasteiger partial charge is 0.322 e. The Kier molecular flexibility index (Phi) is 5.49. The first-order chi connectivity index (χ1) is 7.67. The number of hydrogen-bond donors (Lipinski definition) is 1. The molecule has 3 nitrogen and oxygen atoms in total. The van der Waals surface area contributed by atoms with Crippen LogP contribution in [0.4, 0.5) is 0 Å². The second kappa shape index (κ2) is 6.66. The molecule has 1 atom stereocenters. The lowest BCUT2D eigenvalue weighted by Crippen LogP contribution is -2.36. The van der Waals surface area contributed by atoms with Crippen molar-refractivity contribution in [3.05, 3.63) is 34.3 Å². The molecule has 0 fully saturated rings. The molecule has 0 radical (unpaired) electrons. The molecule has 88 valence electrons. The highest BCUT2D eigenvalue weighted by Gasteiger charge is 2.15. The van der Waals surface area contributed by atoms with Crippen molar-refractivity contribution in [3.8, 4) is 0 Å². The summed E-state index contributed by atoms with van der Waals surface area (Å²) >= 11 is 3.41. The van der Waals surface area contributed by atoms with Crippen molar-refractivity contribution < 1.29 is 9.53 Å². The highest BCUT2D eigenvalue weighted by Crippen LogP contribution is 2.11. The minimum Gasteiger partial charge on any atom is -0.468 e. The number of halogens is 1. The number of methoxy groups -OCH3 is 1. The molecule has 0 saturated carbocycles. The van der Waals surface area contributed by atoms with Crippen LogP contribution in [0.1, 0.15) is 18.9 Å². The third-order valence-electron chi connectivity index (χ3n) is 2.34. The van der Waals surface area contributed by atoms with Crippen molar-refractivity contribution in [2.75, 3.05) is 7.11 Å². The highest BCUT2D eigenvalue weighted by molar-refractivity contribution is 9.10. The molecule has 0 aliphatic heterocycles. The van der Waals surface area contributed by atoms with E-state index in [1.54, 1.807) is 0 Å². The van der Waals surface area contributed by atoms with Crippen LogP contribution < -0.4 is 5.32 Å². The van der Waals surface area contributed by atoms with Gasteiger partial charge in [0.1, 0.15) is 6.04 Å². The van der Waals surface area contributed by atoms with Gasteiger partial charge >= 0.3 is 5.97 Å². The van der Waals surface area contributed by atoms with Gasteiger partial charge in [0.05, 0.1) is 7.11 Å². The molecule has 1 unspecified atom stereocenters. The zero-order valence-corrected chi connectivity index (χ0v) is 11.1. The molecule has 16 heavy (non-hydrogen) atoms. The van der Waals surface area contributed by atoms with E-state index in [1.165, 1.54) is 7.11 Å². The van der Waals surface area contributed by atoms with Crippen LogP contribution in [0.3, 0.4) is 0 Å². The summed E-state index contributed by atoms with van der Waals surface area (Å²) in [4.78, 5) is 11.3. The molecule has 1 aromatic rings. The second-order valence-corrected chi connectivity index (χ2v) is 4.41. The summed E-state index contributed by atoms with van der Waals surface area (Å²) in [5, 5.41) is 3.17. The van der Waals surface area contributed by atoms with Crippen LogP contribution in [0.5, 0.6) is 0 Å². The van der Waals surface area contributed by atoms with E-state index in [1.807, 2.05) is 31.2 Å². The molecule has 0 saturated heterocycles. The monoisotopic (exact) mass is 285 g/mol. The van der Waals surface area contributed by atoms with E-state index < -0.39 is 0 Å². The Labute approximate surface area is 104 Å². The first-order valence-corrected chi connectivity index (χ1v) is 6.02. The van der Waals surface area contributed by atoms with Crippen molar-refractivity contribution >= 4 is 21.9 Å². The number of nitrogens with one attached hydrogen (secondary N) is 1. The fraction of sp³-hybridized carbons (Fsp3) is 0.417. The average molecular weight is 286 g/mol. The van der Waals surface area contributed by atoms with Crippen LogP contribution >= 0.6 is 15.9 Å². The number of carbonyl (C=O) groups excluding carboxylic acids is 1. The number of rotatable bonds is 5. The average Bonchev–Trinajstić information content (AvgIpc) is 2.29. The molecule has 0 aromatic heterocycles. The van der Waals surface area contributed by atoms with Gasteiger partial charge in [-0.1, -0.05) is 35.0 Å². The van der Waals surface area contributed by atoms with E-state index in [-0.39, 0.29) is 12.0 Å². The van der Waals surface area contributed by atoms with Crippen LogP contribution in [0.25, 0.3) is 0 Å². The van der Waals surface area contributed by atoms with E-state index in [0.717, 1.165) is 16.5 Å². The molecule has 0 spiro atoms. The Balaban J connectivity index is 2.52. The van der Waals surface area contributed by atoms with Crippen molar-refractivity contribution in [1.82, 2.24) is 5.32 Å². The zero-order chi connectivity index (χ0) is 12.0. The number of ether oxygens (including phenoxy) is 1. The first-order valence-electron chi connectivity index (χ1n) is 5.23. The fourth-order valence-corrected chi connectivity index (χ4v) is 1.87. The summed E-state index contributed by atoms with van der Waals surface area (Å²) in [7, 11) is 1.41. The lowest BCUT2D eigenvalue weighted by molar-refractivity contribution is -0.143. The topological polar surface area (TPSA) is 38.3 Å². The van der Waals surface area contributed by atoms with Gasteiger partial charge in [0.25, 0.3) is 0 Å². The largest absolute Gasteiger partial charge is 0.468 e. The van der Waals surface area contributed by atoms with Gasteiger partial charge in [-0.05, 0) is 24.1 Å². The minimum atomic E-state index is -0.232. The molecule has 0 amide bonds. The summed E-state index contributed by atoms with van der Waals surface area (Å²) in [6.07, 6.45) is 0.723. The summed E-state index contributed by atoms with van der Waals surface area (Å²) in [5.41, 5.74) is 1.14. The molecule has 1 rings (SSSR count). The Morgan fingerprint density at radius 3 is 2.88 bits per heavy atom.